The van der Waals surface area contributed by atoms with E-state index in [4.69, 9.17) is 5.73 Å². The fourth-order valence-electron chi connectivity index (χ4n) is 3.06. The molecule has 1 saturated carbocycles. The Labute approximate surface area is 108 Å². The standard InChI is InChI=1S/C16H20N2/c17-11-13-7-4-9-15(13)18-16-10-3-6-12-5-1-2-8-14(12)16/h1-3,5-6,8,10,13,15,18H,4,7,9,11,17H2. The molecule has 0 aromatic heterocycles. The summed E-state index contributed by atoms with van der Waals surface area (Å²) in [4.78, 5) is 0. The van der Waals surface area contributed by atoms with Crippen LogP contribution in [0.4, 0.5) is 5.69 Å². The maximum Gasteiger partial charge on any atom is 0.0422 e. The molecule has 0 radical (unpaired) electrons. The first-order valence-corrected chi connectivity index (χ1v) is 6.83. The summed E-state index contributed by atoms with van der Waals surface area (Å²) < 4.78 is 0. The smallest absolute Gasteiger partial charge is 0.0422 e. The molecular weight excluding hydrogens is 220 g/mol. The topological polar surface area (TPSA) is 38.0 Å². The molecule has 2 atom stereocenters. The Bertz CT molecular complexity index is 530. The molecule has 2 unspecified atom stereocenters. The van der Waals surface area contributed by atoms with Crippen LogP contribution in [0.25, 0.3) is 10.8 Å². The second kappa shape index (κ2) is 4.99. The Morgan fingerprint density at radius 2 is 1.89 bits per heavy atom. The van der Waals surface area contributed by atoms with Gasteiger partial charge in [0.2, 0.25) is 0 Å². The molecule has 0 saturated heterocycles. The highest BCUT2D eigenvalue weighted by molar-refractivity contribution is 5.93. The number of hydrogen-bond donors (Lipinski definition) is 2. The minimum absolute atomic E-state index is 0.542. The maximum atomic E-state index is 5.85. The van der Waals surface area contributed by atoms with Crippen molar-refractivity contribution in [3.05, 3.63) is 42.5 Å². The lowest BCUT2D eigenvalue weighted by molar-refractivity contribution is 0.517. The fourth-order valence-corrected chi connectivity index (χ4v) is 3.06. The average Bonchev–Trinajstić information content (AvgIpc) is 2.86. The van der Waals surface area contributed by atoms with Crippen LogP contribution in [0.3, 0.4) is 0 Å². The van der Waals surface area contributed by atoms with Crippen molar-refractivity contribution in [2.24, 2.45) is 11.7 Å². The molecule has 0 bridgehead atoms. The summed E-state index contributed by atoms with van der Waals surface area (Å²) >= 11 is 0. The number of anilines is 1. The van der Waals surface area contributed by atoms with Crippen molar-refractivity contribution < 1.29 is 0 Å². The van der Waals surface area contributed by atoms with E-state index < -0.39 is 0 Å². The molecule has 3 N–H and O–H groups in total. The average molecular weight is 240 g/mol. The number of hydrogen-bond acceptors (Lipinski definition) is 2. The zero-order valence-corrected chi connectivity index (χ0v) is 10.6. The molecule has 1 fully saturated rings. The summed E-state index contributed by atoms with van der Waals surface area (Å²) in [5.74, 6) is 0.629. The van der Waals surface area contributed by atoms with E-state index in [1.807, 2.05) is 0 Å². The summed E-state index contributed by atoms with van der Waals surface area (Å²) in [5.41, 5.74) is 7.10. The van der Waals surface area contributed by atoms with Crippen molar-refractivity contribution >= 4 is 16.5 Å². The monoisotopic (exact) mass is 240 g/mol. The largest absolute Gasteiger partial charge is 0.381 e. The van der Waals surface area contributed by atoms with E-state index in [1.54, 1.807) is 0 Å². The molecule has 2 aromatic carbocycles. The molecule has 2 heteroatoms. The third-order valence-electron chi connectivity index (χ3n) is 4.09. The summed E-state index contributed by atoms with van der Waals surface area (Å²) in [5, 5.41) is 6.31. The highest BCUT2D eigenvalue weighted by Gasteiger charge is 2.25. The summed E-state index contributed by atoms with van der Waals surface area (Å²) in [6.45, 7) is 0.794. The van der Waals surface area contributed by atoms with Gasteiger partial charge in [0, 0.05) is 17.1 Å². The second-order valence-corrected chi connectivity index (χ2v) is 5.20. The molecule has 0 spiro atoms. The van der Waals surface area contributed by atoms with E-state index in [-0.39, 0.29) is 0 Å². The van der Waals surface area contributed by atoms with Gasteiger partial charge in [-0.15, -0.1) is 0 Å². The quantitative estimate of drug-likeness (QED) is 0.863. The molecule has 1 aliphatic carbocycles. The summed E-state index contributed by atoms with van der Waals surface area (Å²) in [6, 6.07) is 15.5. The van der Waals surface area contributed by atoms with Crippen molar-refractivity contribution in [1.29, 1.82) is 0 Å². The van der Waals surface area contributed by atoms with Gasteiger partial charge in [-0.1, -0.05) is 42.8 Å². The van der Waals surface area contributed by atoms with Crippen LogP contribution in [0.5, 0.6) is 0 Å². The summed E-state index contributed by atoms with van der Waals surface area (Å²) in [7, 11) is 0. The van der Waals surface area contributed by atoms with Crippen LogP contribution < -0.4 is 11.1 Å². The van der Waals surface area contributed by atoms with E-state index in [0.29, 0.717) is 12.0 Å². The SMILES string of the molecule is NCC1CCCC1Nc1cccc2ccccc12. The minimum Gasteiger partial charge on any atom is -0.381 e. The number of nitrogens with one attached hydrogen (secondary N) is 1. The van der Waals surface area contributed by atoms with E-state index in [1.165, 1.54) is 35.7 Å². The molecule has 18 heavy (non-hydrogen) atoms. The van der Waals surface area contributed by atoms with Gasteiger partial charge < -0.3 is 11.1 Å². The number of fused-ring (bicyclic) bond motifs is 1. The number of nitrogens with two attached hydrogens (primary N) is 1. The van der Waals surface area contributed by atoms with Gasteiger partial charge in [0.25, 0.3) is 0 Å². The van der Waals surface area contributed by atoms with Crippen molar-refractivity contribution in [2.45, 2.75) is 25.3 Å². The van der Waals surface area contributed by atoms with E-state index in [2.05, 4.69) is 47.8 Å². The lowest BCUT2D eigenvalue weighted by Crippen LogP contribution is -2.29. The Balaban J connectivity index is 1.90. The summed E-state index contributed by atoms with van der Waals surface area (Å²) in [6.07, 6.45) is 3.80. The Morgan fingerprint density at radius 3 is 2.78 bits per heavy atom. The number of rotatable bonds is 3. The lowest BCUT2D eigenvalue weighted by atomic mass is 10.0. The van der Waals surface area contributed by atoms with Gasteiger partial charge in [-0.25, -0.2) is 0 Å². The van der Waals surface area contributed by atoms with Gasteiger partial charge >= 0.3 is 0 Å². The van der Waals surface area contributed by atoms with E-state index in [0.717, 1.165) is 6.54 Å². The van der Waals surface area contributed by atoms with Crippen LogP contribution in [0, 0.1) is 5.92 Å². The second-order valence-electron chi connectivity index (χ2n) is 5.20. The molecule has 0 amide bonds. The molecule has 2 nitrogen and oxygen atoms in total. The van der Waals surface area contributed by atoms with Gasteiger partial charge in [-0.05, 0) is 36.8 Å². The lowest BCUT2D eigenvalue weighted by Gasteiger charge is -2.21. The zero-order valence-electron chi connectivity index (χ0n) is 10.6. The first kappa shape index (κ1) is 11.5. The molecule has 2 aromatic rings. The molecule has 1 aliphatic rings. The highest BCUT2D eigenvalue weighted by atomic mass is 14.9. The van der Waals surface area contributed by atoms with Crippen LogP contribution in [0.15, 0.2) is 42.5 Å². The Morgan fingerprint density at radius 1 is 1.06 bits per heavy atom. The maximum absolute atomic E-state index is 5.85. The van der Waals surface area contributed by atoms with Crippen LogP contribution in [0.1, 0.15) is 19.3 Å². The van der Waals surface area contributed by atoms with E-state index in [9.17, 15) is 0 Å². The van der Waals surface area contributed by atoms with Crippen molar-refractivity contribution in [3.8, 4) is 0 Å². The highest BCUT2D eigenvalue weighted by Crippen LogP contribution is 2.30. The van der Waals surface area contributed by atoms with Crippen molar-refractivity contribution in [3.63, 3.8) is 0 Å². The van der Waals surface area contributed by atoms with Gasteiger partial charge in [0.15, 0.2) is 0 Å². The molecule has 94 valence electrons. The Kier molecular flexibility index (Phi) is 3.20. The van der Waals surface area contributed by atoms with Crippen LogP contribution >= 0.6 is 0 Å². The molecule has 0 aliphatic heterocycles. The third kappa shape index (κ3) is 2.08. The fraction of sp³-hybridized carbons (Fsp3) is 0.375. The predicted molar refractivity (Wildman–Crippen MR) is 77.8 cm³/mol. The van der Waals surface area contributed by atoms with Gasteiger partial charge in [-0.2, -0.15) is 0 Å². The van der Waals surface area contributed by atoms with Crippen molar-refractivity contribution in [1.82, 2.24) is 0 Å². The minimum atomic E-state index is 0.542. The van der Waals surface area contributed by atoms with E-state index >= 15 is 0 Å². The van der Waals surface area contributed by atoms with Gasteiger partial charge in [0.1, 0.15) is 0 Å². The van der Waals surface area contributed by atoms with Crippen molar-refractivity contribution in [2.75, 3.05) is 11.9 Å². The first-order chi connectivity index (χ1) is 8.88. The molecular formula is C16H20N2. The predicted octanol–water partition coefficient (Wildman–Crippen LogP) is 3.38. The van der Waals surface area contributed by atoms with Crippen LogP contribution in [0.2, 0.25) is 0 Å². The molecule has 0 heterocycles. The van der Waals surface area contributed by atoms with Gasteiger partial charge in [-0.3, -0.25) is 0 Å². The zero-order chi connectivity index (χ0) is 12.4. The number of benzene rings is 2. The van der Waals surface area contributed by atoms with Crippen LogP contribution in [-0.4, -0.2) is 12.6 Å². The Hall–Kier alpha value is -1.54. The van der Waals surface area contributed by atoms with Crippen LogP contribution in [-0.2, 0) is 0 Å². The van der Waals surface area contributed by atoms with Gasteiger partial charge in [0.05, 0.1) is 0 Å². The third-order valence-corrected chi connectivity index (χ3v) is 4.09. The first-order valence-electron chi connectivity index (χ1n) is 6.83. The molecule has 3 rings (SSSR count). The normalized spacial score (nSPS) is 23.4.